The lowest BCUT2D eigenvalue weighted by molar-refractivity contribution is 0.102. The third-order valence-corrected chi connectivity index (χ3v) is 4.71. The summed E-state index contributed by atoms with van der Waals surface area (Å²) in [6.07, 6.45) is 0. The first-order chi connectivity index (χ1) is 11.5. The van der Waals surface area contributed by atoms with E-state index >= 15 is 0 Å². The van der Waals surface area contributed by atoms with Gasteiger partial charge in [-0.2, -0.15) is 4.68 Å². The molecule has 0 aliphatic heterocycles. The average molecular weight is 359 g/mol. The number of ketones is 1. The summed E-state index contributed by atoms with van der Waals surface area (Å²) in [7, 11) is 0. The monoisotopic (exact) mass is 358 g/mol. The summed E-state index contributed by atoms with van der Waals surface area (Å²) >= 11 is 7.21. The maximum atomic E-state index is 12.5. The Hall–Kier alpha value is -2.18. The van der Waals surface area contributed by atoms with Crippen molar-refractivity contribution < 1.29 is 4.79 Å². The minimum atomic E-state index is 0.0619. The Kier molecular flexibility index (Phi) is 4.97. The van der Waals surface area contributed by atoms with Gasteiger partial charge in [-0.25, -0.2) is 0 Å². The number of aromatic nitrogens is 4. The van der Waals surface area contributed by atoms with E-state index in [1.165, 1.54) is 11.8 Å². The topological polar surface area (TPSA) is 60.7 Å². The number of aryl methyl sites for hydroxylation is 2. The number of hydrogen-bond donors (Lipinski definition) is 0. The van der Waals surface area contributed by atoms with Gasteiger partial charge in [-0.3, -0.25) is 4.79 Å². The van der Waals surface area contributed by atoms with Gasteiger partial charge in [-0.05, 0) is 60.2 Å². The van der Waals surface area contributed by atoms with Crippen LogP contribution in [0.4, 0.5) is 0 Å². The van der Waals surface area contributed by atoms with E-state index in [1.807, 2.05) is 44.2 Å². The lowest BCUT2D eigenvalue weighted by atomic mass is 10.0. The second-order valence-electron chi connectivity index (χ2n) is 5.38. The fraction of sp³-hybridized carbons (Fsp3) is 0.176. The van der Waals surface area contributed by atoms with Crippen LogP contribution >= 0.6 is 23.4 Å². The van der Waals surface area contributed by atoms with Crippen molar-refractivity contribution >= 4 is 29.1 Å². The molecule has 3 rings (SSSR count). The first kappa shape index (κ1) is 16.7. The zero-order chi connectivity index (χ0) is 17.1. The molecule has 3 aromatic rings. The Morgan fingerprint density at radius 1 is 1.17 bits per heavy atom. The minimum Gasteiger partial charge on any atom is -0.293 e. The van der Waals surface area contributed by atoms with Gasteiger partial charge in [0.05, 0.1) is 11.4 Å². The van der Waals surface area contributed by atoms with Crippen LogP contribution in [0, 0.1) is 13.8 Å². The summed E-state index contributed by atoms with van der Waals surface area (Å²) in [5.41, 5.74) is 3.59. The number of tetrazole rings is 1. The molecule has 7 heteroatoms. The molecule has 2 aromatic carbocycles. The van der Waals surface area contributed by atoms with Crippen molar-refractivity contribution in [2.45, 2.75) is 19.0 Å². The molecule has 0 aliphatic carbocycles. The zero-order valence-electron chi connectivity index (χ0n) is 13.2. The molecule has 1 aromatic heterocycles. The molecule has 0 aliphatic rings. The smallest absolute Gasteiger partial charge is 0.214 e. The minimum absolute atomic E-state index is 0.0619. The van der Waals surface area contributed by atoms with Gasteiger partial charge >= 0.3 is 0 Å². The number of carbonyl (C=O) groups is 1. The van der Waals surface area contributed by atoms with E-state index in [-0.39, 0.29) is 11.5 Å². The molecule has 0 unspecified atom stereocenters. The van der Waals surface area contributed by atoms with Gasteiger partial charge in [-0.1, -0.05) is 41.1 Å². The van der Waals surface area contributed by atoms with Crippen molar-refractivity contribution in [3.05, 3.63) is 64.2 Å². The lowest BCUT2D eigenvalue weighted by Gasteiger charge is -2.07. The molecule has 0 radical (unpaired) electrons. The molecule has 5 nitrogen and oxygen atoms in total. The average Bonchev–Trinajstić information content (AvgIpc) is 3.04. The van der Waals surface area contributed by atoms with E-state index in [0.717, 1.165) is 22.4 Å². The number of nitrogens with zero attached hydrogens (tertiary/aromatic N) is 4. The Morgan fingerprint density at radius 2 is 1.92 bits per heavy atom. The number of benzene rings is 2. The molecular weight excluding hydrogens is 344 g/mol. The largest absolute Gasteiger partial charge is 0.293 e. The number of thioether (sulfide) groups is 1. The van der Waals surface area contributed by atoms with Crippen LogP contribution in [0.3, 0.4) is 0 Å². The summed E-state index contributed by atoms with van der Waals surface area (Å²) in [6, 6.07) is 13.1. The van der Waals surface area contributed by atoms with E-state index in [0.29, 0.717) is 10.2 Å². The summed E-state index contributed by atoms with van der Waals surface area (Å²) in [6.45, 7) is 3.92. The molecular formula is C17H15ClN4OS. The Morgan fingerprint density at radius 3 is 2.67 bits per heavy atom. The van der Waals surface area contributed by atoms with Gasteiger partial charge in [0.25, 0.3) is 0 Å². The van der Waals surface area contributed by atoms with Gasteiger partial charge in [0, 0.05) is 10.6 Å². The van der Waals surface area contributed by atoms with Gasteiger partial charge in [0.2, 0.25) is 5.16 Å². The fourth-order valence-corrected chi connectivity index (χ4v) is 3.16. The third-order valence-electron chi connectivity index (χ3n) is 3.54. The van der Waals surface area contributed by atoms with Crippen LogP contribution in [0.1, 0.15) is 21.5 Å². The molecule has 122 valence electrons. The van der Waals surface area contributed by atoms with E-state index in [1.54, 1.807) is 16.8 Å². The highest BCUT2D eigenvalue weighted by Crippen LogP contribution is 2.21. The normalized spacial score (nSPS) is 10.8. The Balaban J connectivity index is 1.76. The number of halogens is 1. The number of rotatable bonds is 5. The summed E-state index contributed by atoms with van der Waals surface area (Å²) in [5, 5.41) is 12.9. The van der Waals surface area contributed by atoms with Crippen molar-refractivity contribution in [1.82, 2.24) is 20.2 Å². The quantitative estimate of drug-likeness (QED) is 0.511. The van der Waals surface area contributed by atoms with Crippen LogP contribution in [0.15, 0.2) is 47.6 Å². The molecule has 1 heterocycles. The second-order valence-corrected chi connectivity index (χ2v) is 6.76. The summed E-state index contributed by atoms with van der Waals surface area (Å²) in [4.78, 5) is 12.5. The Labute approximate surface area is 149 Å². The molecule has 0 saturated carbocycles. The first-order valence-electron chi connectivity index (χ1n) is 7.32. The summed E-state index contributed by atoms with van der Waals surface area (Å²) in [5.74, 6) is 0.338. The van der Waals surface area contributed by atoms with Crippen LogP contribution in [-0.4, -0.2) is 31.7 Å². The highest BCUT2D eigenvalue weighted by atomic mass is 35.5. The van der Waals surface area contributed by atoms with Gasteiger partial charge in [0.15, 0.2) is 5.78 Å². The molecule has 0 spiro atoms. The fourth-order valence-electron chi connectivity index (χ4n) is 2.26. The molecule has 24 heavy (non-hydrogen) atoms. The van der Waals surface area contributed by atoms with E-state index in [2.05, 4.69) is 15.5 Å². The van der Waals surface area contributed by atoms with Crippen LogP contribution < -0.4 is 0 Å². The van der Waals surface area contributed by atoms with E-state index < -0.39 is 0 Å². The molecule has 0 fully saturated rings. The number of Topliss-reactive ketones (excluding diaryl/α,β-unsaturated/α-hetero) is 1. The highest BCUT2D eigenvalue weighted by molar-refractivity contribution is 7.99. The number of carbonyl (C=O) groups excluding carboxylic acids is 1. The van der Waals surface area contributed by atoms with Crippen LogP contribution in [0.5, 0.6) is 0 Å². The maximum absolute atomic E-state index is 12.5. The van der Waals surface area contributed by atoms with Gasteiger partial charge < -0.3 is 0 Å². The summed E-state index contributed by atoms with van der Waals surface area (Å²) < 4.78 is 1.59. The SMILES string of the molecule is Cc1ccc(C)c(C(=O)CSc2nnnn2-c2ccc(Cl)cc2)c1. The molecule has 0 bridgehead atoms. The van der Waals surface area contributed by atoms with Gasteiger partial charge in [0.1, 0.15) is 0 Å². The first-order valence-corrected chi connectivity index (χ1v) is 8.68. The standard InChI is InChI=1S/C17H15ClN4OS/c1-11-3-4-12(2)15(9-11)16(23)10-24-17-19-20-21-22(17)14-7-5-13(18)6-8-14/h3-9H,10H2,1-2H3. The van der Waals surface area contributed by atoms with E-state index in [4.69, 9.17) is 11.6 Å². The van der Waals surface area contributed by atoms with Crippen molar-refractivity contribution in [2.75, 3.05) is 5.75 Å². The number of hydrogen-bond acceptors (Lipinski definition) is 5. The molecule has 0 amide bonds. The lowest BCUT2D eigenvalue weighted by Crippen LogP contribution is -2.07. The van der Waals surface area contributed by atoms with Crippen molar-refractivity contribution in [3.63, 3.8) is 0 Å². The molecule has 0 atom stereocenters. The predicted molar refractivity (Wildman–Crippen MR) is 95.1 cm³/mol. The molecule has 0 saturated heterocycles. The van der Waals surface area contributed by atoms with Crippen LogP contribution in [0.25, 0.3) is 5.69 Å². The Bertz CT molecular complexity index is 877. The van der Waals surface area contributed by atoms with Crippen LogP contribution in [0.2, 0.25) is 5.02 Å². The van der Waals surface area contributed by atoms with E-state index in [9.17, 15) is 4.79 Å². The maximum Gasteiger partial charge on any atom is 0.214 e. The van der Waals surface area contributed by atoms with Crippen molar-refractivity contribution in [2.24, 2.45) is 0 Å². The van der Waals surface area contributed by atoms with Gasteiger partial charge in [-0.15, -0.1) is 5.10 Å². The van der Waals surface area contributed by atoms with Crippen molar-refractivity contribution in [1.29, 1.82) is 0 Å². The van der Waals surface area contributed by atoms with Crippen LogP contribution in [-0.2, 0) is 0 Å². The highest BCUT2D eigenvalue weighted by Gasteiger charge is 2.14. The molecule has 0 N–H and O–H groups in total. The van der Waals surface area contributed by atoms with Crippen molar-refractivity contribution in [3.8, 4) is 5.69 Å². The third kappa shape index (κ3) is 3.66. The predicted octanol–water partition coefficient (Wildman–Crippen LogP) is 3.91. The zero-order valence-corrected chi connectivity index (χ0v) is 14.8. The second kappa shape index (κ2) is 7.15.